The van der Waals surface area contributed by atoms with Crippen molar-refractivity contribution in [1.29, 1.82) is 0 Å². The van der Waals surface area contributed by atoms with Crippen molar-refractivity contribution < 1.29 is 0 Å². The van der Waals surface area contributed by atoms with Crippen LogP contribution in [0.5, 0.6) is 0 Å². The van der Waals surface area contributed by atoms with Gasteiger partial charge in [0.1, 0.15) is 5.82 Å². The Labute approximate surface area is 95.4 Å². The topological polar surface area (TPSA) is 51.8 Å². The molecule has 3 nitrogen and oxygen atoms in total. The third kappa shape index (κ3) is 2.19. The zero-order valence-electron chi connectivity index (χ0n) is 9.51. The van der Waals surface area contributed by atoms with Crippen LogP contribution in [-0.4, -0.2) is 9.97 Å². The summed E-state index contributed by atoms with van der Waals surface area (Å²) < 4.78 is 0. The molecule has 0 saturated carbocycles. The maximum atomic E-state index is 5.65. The lowest BCUT2D eigenvalue weighted by molar-refractivity contribution is 0.824. The number of nitrogen functional groups attached to an aromatic ring is 1. The summed E-state index contributed by atoms with van der Waals surface area (Å²) in [4.78, 5) is 8.82. The largest absolute Gasteiger partial charge is 0.384 e. The third-order valence-corrected chi connectivity index (χ3v) is 2.40. The number of anilines is 1. The number of pyridine rings is 2. The molecule has 0 fully saturated rings. The lowest BCUT2D eigenvalue weighted by Gasteiger charge is -2.06. The number of nitrogens with two attached hydrogens (primary N) is 1. The van der Waals surface area contributed by atoms with Crippen LogP contribution in [0.2, 0.25) is 0 Å². The first-order chi connectivity index (χ1) is 7.66. The molecular formula is C13H15N3. The van der Waals surface area contributed by atoms with Crippen LogP contribution in [0.15, 0.2) is 36.4 Å². The first kappa shape index (κ1) is 10.6. The molecule has 0 aliphatic carbocycles. The summed E-state index contributed by atoms with van der Waals surface area (Å²) in [5, 5.41) is 0. The van der Waals surface area contributed by atoms with E-state index in [1.165, 1.54) is 0 Å². The first-order valence-corrected chi connectivity index (χ1v) is 5.36. The minimum atomic E-state index is 0.418. The van der Waals surface area contributed by atoms with Crippen LogP contribution < -0.4 is 5.73 Å². The van der Waals surface area contributed by atoms with Crippen LogP contribution in [0.1, 0.15) is 25.5 Å². The summed E-state index contributed by atoms with van der Waals surface area (Å²) in [6.07, 6.45) is 0. The Morgan fingerprint density at radius 2 is 1.56 bits per heavy atom. The van der Waals surface area contributed by atoms with Gasteiger partial charge >= 0.3 is 0 Å². The minimum Gasteiger partial charge on any atom is -0.384 e. The predicted octanol–water partition coefficient (Wildman–Crippen LogP) is 2.85. The van der Waals surface area contributed by atoms with E-state index < -0.39 is 0 Å². The molecule has 2 aromatic rings. The second-order valence-corrected chi connectivity index (χ2v) is 4.05. The monoisotopic (exact) mass is 213 g/mol. The van der Waals surface area contributed by atoms with Crippen LogP contribution >= 0.6 is 0 Å². The second kappa shape index (κ2) is 4.31. The Hall–Kier alpha value is -1.90. The average Bonchev–Trinajstić information content (AvgIpc) is 2.29. The molecule has 0 saturated heterocycles. The Kier molecular flexibility index (Phi) is 2.86. The number of hydrogen-bond donors (Lipinski definition) is 1. The molecule has 0 spiro atoms. The molecule has 3 heteroatoms. The van der Waals surface area contributed by atoms with E-state index >= 15 is 0 Å². The highest BCUT2D eigenvalue weighted by molar-refractivity contribution is 5.56. The summed E-state index contributed by atoms with van der Waals surface area (Å²) in [6, 6.07) is 11.6. The van der Waals surface area contributed by atoms with Gasteiger partial charge in [-0.15, -0.1) is 0 Å². The normalized spacial score (nSPS) is 10.7. The highest BCUT2D eigenvalue weighted by Gasteiger charge is 2.05. The Bertz CT molecular complexity index is 492. The van der Waals surface area contributed by atoms with E-state index in [1.807, 2.05) is 30.3 Å². The second-order valence-electron chi connectivity index (χ2n) is 4.05. The molecule has 2 rings (SSSR count). The molecule has 0 bridgehead atoms. The molecule has 0 atom stereocenters. The van der Waals surface area contributed by atoms with Gasteiger partial charge in [-0.25, -0.2) is 4.98 Å². The van der Waals surface area contributed by atoms with Crippen molar-refractivity contribution in [3.63, 3.8) is 0 Å². The summed E-state index contributed by atoms with van der Waals surface area (Å²) in [6.45, 7) is 4.25. The van der Waals surface area contributed by atoms with Gasteiger partial charge in [-0.2, -0.15) is 0 Å². The number of nitrogens with zero attached hydrogens (tertiary/aromatic N) is 2. The van der Waals surface area contributed by atoms with Crippen molar-refractivity contribution in [2.75, 3.05) is 5.73 Å². The fourth-order valence-corrected chi connectivity index (χ4v) is 1.51. The van der Waals surface area contributed by atoms with Crippen molar-refractivity contribution in [2.24, 2.45) is 0 Å². The fraction of sp³-hybridized carbons (Fsp3) is 0.231. The van der Waals surface area contributed by atoms with Gasteiger partial charge in [0.25, 0.3) is 0 Å². The van der Waals surface area contributed by atoms with E-state index in [0.29, 0.717) is 11.7 Å². The zero-order valence-corrected chi connectivity index (χ0v) is 9.51. The summed E-state index contributed by atoms with van der Waals surface area (Å²) >= 11 is 0. The van der Waals surface area contributed by atoms with Gasteiger partial charge in [0.05, 0.1) is 11.4 Å². The molecule has 0 amide bonds. The van der Waals surface area contributed by atoms with Crippen molar-refractivity contribution in [3.05, 3.63) is 42.1 Å². The van der Waals surface area contributed by atoms with Crippen molar-refractivity contribution in [1.82, 2.24) is 9.97 Å². The van der Waals surface area contributed by atoms with Gasteiger partial charge in [0, 0.05) is 5.69 Å². The zero-order chi connectivity index (χ0) is 11.5. The van der Waals surface area contributed by atoms with Gasteiger partial charge in [0.15, 0.2) is 0 Å². The van der Waals surface area contributed by atoms with Crippen LogP contribution in [0.4, 0.5) is 5.82 Å². The average molecular weight is 213 g/mol. The van der Waals surface area contributed by atoms with Crippen molar-refractivity contribution >= 4 is 5.82 Å². The van der Waals surface area contributed by atoms with Crippen molar-refractivity contribution in [2.45, 2.75) is 19.8 Å². The van der Waals surface area contributed by atoms with Crippen LogP contribution in [0.25, 0.3) is 11.4 Å². The van der Waals surface area contributed by atoms with E-state index in [-0.39, 0.29) is 0 Å². The molecule has 0 unspecified atom stereocenters. The van der Waals surface area contributed by atoms with E-state index in [9.17, 15) is 0 Å². The van der Waals surface area contributed by atoms with Gasteiger partial charge in [-0.05, 0) is 30.2 Å². The SMILES string of the molecule is CC(C)c1cccc(-c2cccc(N)n2)n1. The van der Waals surface area contributed by atoms with Crippen molar-refractivity contribution in [3.8, 4) is 11.4 Å². The Morgan fingerprint density at radius 1 is 0.938 bits per heavy atom. The molecule has 82 valence electrons. The standard InChI is InChI=1S/C13H15N3/c1-9(2)10-5-3-6-11(15-10)12-7-4-8-13(14)16-12/h3-9H,1-2H3,(H2,14,16). The predicted molar refractivity (Wildman–Crippen MR) is 66.0 cm³/mol. The molecule has 0 radical (unpaired) electrons. The van der Waals surface area contributed by atoms with Crippen LogP contribution in [0.3, 0.4) is 0 Å². The van der Waals surface area contributed by atoms with Crippen LogP contribution in [-0.2, 0) is 0 Å². The maximum absolute atomic E-state index is 5.65. The van der Waals surface area contributed by atoms with Crippen LogP contribution in [0, 0.1) is 0 Å². The lowest BCUT2D eigenvalue weighted by atomic mass is 10.1. The Balaban J connectivity index is 2.44. The molecule has 0 aromatic carbocycles. The van der Waals surface area contributed by atoms with E-state index in [2.05, 4.69) is 23.8 Å². The van der Waals surface area contributed by atoms with Gasteiger partial charge in [0.2, 0.25) is 0 Å². The smallest absolute Gasteiger partial charge is 0.124 e. The molecule has 2 N–H and O–H groups in total. The number of rotatable bonds is 2. The molecule has 0 aliphatic heterocycles. The first-order valence-electron chi connectivity index (χ1n) is 5.36. The number of hydrogen-bond acceptors (Lipinski definition) is 3. The highest BCUT2D eigenvalue weighted by Crippen LogP contribution is 2.19. The van der Waals surface area contributed by atoms with Gasteiger partial charge < -0.3 is 5.73 Å². The molecule has 16 heavy (non-hydrogen) atoms. The molecular weight excluding hydrogens is 198 g/mol. The van der Waals surface area contributed by atoms with Gasteiger partial charge in [-0.1, -0.05) is 26.0 Å². The highest BCUT2D eigenvalue weighted by atomic mass is 14.9. The lowest BCUT2D eigenvalue weighted by Crippen LogP contribution is -1.96. The van der Waals surface area contributed by atoms with E-state index in [4.69, 9.17) is 5.73 Å². The van der Waals surface area contributed by atoms with Gasteiger partial charge in [-0.3, -0.25) is 4.98 Å². The third-order valence-electron chi connectivity index (χ3n) is 2.40. The van der Waals surface area contributed by atoms with E-state index in [1.54, 1.807) is 6.07 Å². The summed E-state index contributed by atoms with van der Waals surface area (Å²) in [5.41, 5.74) is 8.42. The summed E-state index contributed by atoms with van der Waals surface area (Å²) in [7, 11) is 0. The maximum Gasteiger partial charge on any atom is 0.124 e. The molecule has 2 heterocycles. The fourth-order valence-electron chi connectivity index (χ4n) is 1.51. The number of aromatic nitrogens is 2. The molecule has 0 aliphatic rings. The Morgan fingerprint density at radius 3 is 2.19 bits per heavy atom. The molecule has 2 aromatic heterocycles. The van der Waals surface area contributed by atoms with E-state index in [0.717, 1.165) is 17.1 Å². The minimum absolute atomic E-state index is 0.418. The summed E-state index contributed by atoms with van der Waals surface area (Å²) in [5.74, 6) is 0.940. The quantitative estimate of drug-likeness (QED) is 0.834.